The van der Waals surface area contributed by atoms with E-state index in [2.05, 4.69) is 34.0 Å². The topological polar surface area (TPSA) is 85.6 Å². The molecule has 2 heterocycles. The maximum absolute atomic E-state index is 12.3. The van der Waals surface area contributed by atoms with Gasteiger partial charge >= 0.3 is 0 Å². The first-order chi connectivity index (χ1) is 16.4. The first-order valence-corrected chi connectivity index (χ1v) is 13.3. The summed E-state index contributed by atoms with van der Waals surface area (Å²) in [7, 11) is -1.93. The van der Waals surface area contributed by atoms with E-state index in [0.717, 1.165) is 42.1 Å². The van der Waals surface area contributed by atoms with Crippen LogP contribution in [0.15, 0.2) is 65.0 Å². The molecule has 0 radical (unpaired) electrons. The molecule has 5 rings (SSSR count). The third kappa shape index (κ3) is 4.37. The molecule has 0 unspecified atom stereocenters. The van der Waals surface area contributed by atoms with Crippen LogP contribution < -0.4 is 9.46 Å². The quantitative estimate of drug-likeness (QED) is 0.477. The average Bonchev–Trinajstić information content (AvgIpc) is 3.25. The first kappa shape index (κ1) is 23.1. The number of ether oxygens (including phenoxy) is 1. The van der Waals surface area contributed by atoms with E-state index in [1.54, 1.807) is 11.6 Å². The summed E-state index contributed by atoms with van der Waals surface area (Å²) in [6.07, 6.45) is 7.12. The van der Waals surface area contributed by atoms with E-state index < -0.39 is 10.0 Å². The molecule has 1 aliphatic carbocycles. The molecule has 34 heavy (non-hydrogen) atoms. The third-order valence-corrected chi connectivity index (χ3v) is 8.26. The van der Waals surface area contributed by atoms with E-state index in [0.29, 0.717) is 5.75 Å². The van der Waals surface area contributed by atoms with Gasteiger partial charge < -0.3 is 9.30 Å². The number of rotatable bonds is 8. The first-order valence-electron chi connectivity index (χ1n) is 11.4. The van der Waals surface area contributed by atoms with Crippen molar-refractivity contribution in [2.45, 2.75) is 36.1 Å². The normalized spacial score (nSPS) is 16.9. The number of halogens is 1. The number of benzene rings is 2. The molecule has 1 aliphatic heterocycles. The highest BCUT2D eigenvalue weighted by atomic mass is 35.5. The number of aromatic nitrogens is 2. The van der Waals surface area contributed by atoms with Crippen molar-refractivity contribution >= 4 is 27.3 Å². The second-order valence-electron chi connectivity index (χ2n) is 8.87. The SMILES string of the molecule is Cn1cnc(S(=O)(=O)NCCOc2ccc3c(c2)C(C2(c4ccc(Cl)cc4)CCC2)=NCC3)c1. The van der Waals surface area contributed by atoms with E-state index in [9.17, 15) is 8.42 Å². The molecule has 9 heteroatoms. The summed E-state index contributed by atoms with van der Waals surface area (Å²) in [5.41, 5.74) is 4.70. The van der Waals surface area contributed by atoms with Crippen LogP contribution in [-0.4, -0.2) is 43.4 Å². The van der Waals surface area contributed by atoms with Crippen molar-refractivity contribution in [2.24, 2.45) is 12.0 Å². The Balaban J connectivity index is 1.31. The lowest BCUT2D eigenvalue weighted by Gasteiger charge is -2.45. The lowest BCUT2D eigenvalue weighted by Crippen LogP contribution is -2.44. The number of hydrogen-bond donors (Lipinski definition) is 1. The van der Waals surface area contributed by atoms with Gasteiger partial charge in [-0.3, -0.25) is 4.99 Å². The number of imidazole rings is 1. The molecule has 1 saturated carbocycles. The zero-order chi connectivity index (χ0) is 23.8. The fourth-order valence-corrected chi connectivity index (χ4v) is 5.89. The molecule has 0 spiro atoms. The molecular formula is C25H27ClN4O3S. The van der Waals surface area contributed by atoms with Gasteiger partial charge in [0.15, 0.2) is 5.03 Å². The highest BCUT2D eigenvalue weighted by Crippen LogP contribution is 2.48. The maximum Gasteiger partial charge on any atom is 0.259 e. The molecule has 0 amide bonds. The van der Waals surface area contributed by atoms with E-state index in [-0.39, 0.29) is 23.6 Å². The second kappa shape index (κ2) is 9.17. The number of nitrogens with one attached hydrogen (secondary N) is 1. The second-order valence-corrected chi connectivity index (χ2v) is 11.0. The van der Waals surface area contributed by atoms with E-state index in [1.165, 1.54) is 30.1 Å². The highest BCUT2D eigenvalue weighted by molar-refractivity contribution is 7.89. The van der Waals surface area contributed by atoms with Crippen molar-refractivity contribution in [3.8, 4) is 5.75 Å². The summed E-state index contributed by atoms with van der Waals surface area (Å²) in [6, 6.07) is 14.2. The molecule has 2 aromatic carbocycles. The lowest BCUT2D eigenvalue weighted by atomic mass is 9.59. The number of aliphatic imine (C=N–C) groups is 1. The summed E-state index contributed by atoms with van der Waals surface area (Å²) >= 11 is 6.14. The Hall–Kier alpha value is -2.68. The van der Waals surface area contributed by atoms with Gasteiger partial charge in [-0.05, 0) is 54.7 Å². The fourth-order valence-electron chi connectivity index (χ4n) is 4.77. The molecule has 0 bridgehead atoms. The zero-order valence-electron chi connectivity index (χ0n) is 19.0. The maximum atomic E-state index is 12.3. The van der Waals surface area contributed by atoms with Crippen LogP contribution in [0, 0.1) is 0 Å². The number of nitrogens with zero attached hydrogens (tertiary/aromatic N) is 3. The molecule has 3 aromatic rings. The van der Waals surface area contributed by atoms with Gasteiger partial charge in [-0.2, -0.15) is 0 Å². The van der Waals surface area contributed by atoms with Gasteiger partial charge in [0.1, 0.15) is 12.4 Å². The standard InChI is InChI=1S/C25H27ClN4O3S/c1-30-16-23(28-17-30)34(31,32)29-13-14-33-21-8-3-18-9-12-27-24(22(18)15-21)25(10-2-11-25)19-4-6-20(26)7-5-19/h3-8,15-17,29H,2,9-14H2,1H3. The van der Waals surface area contributed by atoms with Gasteiger partial charge in [0, 0.05) is 42.3 Å². The predicted octanol–water partition coefficient (Wildman–Crippen LogP) is 3.90. The Morgan fingerprint density at radius 3 is 2.65 bits per heavy atom. The third-order valence-electron chi connectivity index (χ3n) is 6.66. The molecule has 2 aliphatic rings. The minimum Gasteiger partial charge on any atom is -0.492 e. The van der Waals surface area contributed by atoms with Gasteiger partial charge in [0.05, 0.1) is 12.0 Å². The Morgan fingerprint density at radius 2 is 1.97 bits per heavy atom. The monoisotopic (exact) mass is 498 g/mol. The van der Waals surface area contributed by atoms with E-state index in [1.807, 2.05) is 18.2 Å². The smallest absolute Gasteiger partial charge is 0.259 e. The highest BCUT2D eigenvalue weighted by Gasteiger charge is 2.45. The molecule has 1 N–H and O–H groups in total. The summed E-state index contributed by atoms with van der Waals surface area (Å²) in [4.78, 5) is 8.90. The predicted molar refractivity (Wildman–Crippen MR) is 132 cm³/mol. The van der Waals surface area contributed by atoms with E-state index >= 15 is 0 Å². The number of sulfonamides is 1. The van der Waals surface area contributed by atoms with Crippen LogP contribution >= 0.6 is 11.6 Å². The van der Waals surface area contributed by atoms with Gasteiger partial charge in [-0.1, -0.05) is 36.2 Å². The molecular weight excluding hydrogens is 472 g/mol. The van der Waals surface area contributed by atoms with Crippen LogP contribution in [0.1, 0.15) is 36.0 Å². The summed E-state index contributed by atoms with van der Waals surface area (Å²) in [5, 5.41) is 0.733. The lowest BCUT2D eigenvalue weighted by molar-refractivity contribution is 0.322. The van der Waals surface area contributed by atoms with Crippen LogP contribution in [0.2, 0.25) is 5.02 Å². The fraction of sp³-hybridized carbons (Fsp3) is 0.360. The zero-order valence-corrected chi connectivity index (χ0v) is 20.6. The van der Waals surface area contributed by atoms with Crippen LogP contribution in [-0.2, 0) is 28.9 Å². The van der Waals surface area contributed by atoms with Gasteiger partial charge in [-0.25, -0.2) is 18.1 Å². The van der Waals surface area contributed by atoms with Crippen LogP contribution in [0.3, 0.4) is 0 Å². The van der Waals surface area contributed by atoms with E-state index in [4.69, 9.17) is 21.3 Å². The Labute approximate surface area is 204 Å². The van der Waals surface area contributed by atoms with Crippen molar-refractivity contribution in [3.05, 3.63) is 76.7 Å². The Morgan fingerprint density at radius 1 is 1.18 bits per heavy atom. The van der Waals surface area contributed by atoms with Gasteiger partial charge in [-0.15, -0.1) is 0 Å². The largest absolute Gasteiger partial charge is 0.492 e. The van der Waals surface area contributed by atoms with Crippen molar-refractivity contribution in [2.75, 3.05) is 19.7 Å². The van der Waals surface area contributed by atoms with Crippen molar-refractivity contribution in [3.63, 3.8) is 0 Å². The Bertz CT molecular complexity index is 1330. The minimum absolute atomic E-state index is 0.00219. The van der Waals surface area contributed by atoms with Crippen LogP contribution in [0.4, 0.5) is 0 Å². The van der Waals surface area contributed by atoms with Crippen LogP contribution in [0.25, 0.3) is 0 Å². The van der Waals surface area contributed by atoms with Crippen molar-refractivity contribution in [1.82, 2.24) is 14.3 Å². The molecule has 178 valence electrons. The molecule has 0 saturated heterocycles. The average molecular weight is 499 g/mol. The van der Waals surface area contributed by atoms with Crippen LogP contribution in [0.5, 0.6) is 5.75 Å². The molecule has 1 aromatic heterocycles. The summed E-state index contributed by atoms with van der Waals surface area (Å²) < 4.78 is 34.7. The van der Waals surface area contributed by atoms with Crippen molar-refractivity contribution < 1.29 is 13.2 Å². The Kier molecular flexibility index (Phi) is 6.22. The number of hydrogen-bond acceptors (Lipinski definition) is 5. The summed E-state index contributed by atoms with van der Waals surface area (Å²) in [5.74, 6) is 0.705. The van der Waals surface area contributed by atoms with Crippen molar-refractivity contribution in [1.29, 1.82) is 0 Å². The molecule has 7 nitrogen and oxygen atoms in total. The molecule has 1 fully saturated rings. The number of fused-ring (bicyclic) bond motifs is 1. The van der Waals surface area contributed by atoms with Gasteiger partial charge in [0.25, 0.3) is 10.0 Å². The summed E-state index contributed by atoms with van der Waals surface area (Å²) in [6.45, 7) is 1.14. The van der Waals surface area contributed by atoms with Gasteiger partial charge in [0.2, 0.25) is 0 Å². The molecule has 0 atom stereocenters. The minimum atomic E-state index is -3.66. The number of aryl methyl sites for hydroxylation is 1.